The normalized spacial score (nSPS) is 11.8. The fourth-order valence-electron chi connectivity index (χ4n) is 3.18. The van der Waals surface area contributed by atoms with Crippen LogP contribution >= 0.6 is 0 Å². The third-order valence-corrected chi connectivity index (χ3v) is 4.64. The van der Waals surface area contributed by atoms with Crippen molar-refractivity contribution in [3.8, 4) is 5.75 Å². The minimum atomic E-state index is 0.0705. The molecular formula is C23H31NO3. The van der Waals surface area contributed by atoms with Gasteiger partial charge in [-0.1, -0.05) is 48.5 Å². The van der Waals surface area contributed by atoms with Gasteiger partial charge in [-0.3, -0.25) is 4.79 Å². The minimum Gasteiger partial charge on any atom is -0.496 e. The number of methoxy groups -OCH3 is 1. The van der Waals surface area contributed by atoms with Crippen molar-refractivity contribution in [2.45, 2.75) is 45.7 Å². The van der Waals surface area contributed by atoms with Gasteiger partial charge in [-0.15, -0.1) is 0 Å². The second-order valence-electron chi connectivity index (χ2n) is 6.67. The van der Waals surface area contributed by atoms with E-state index in [1.807, 2.05) is 48.2 Å². The van der Waals surface area contributed by atoms with Gasteiger partial charge < -0.3 is 14.4 Å². The predicted octanol–water partition coefficient (Wildman–Crippen LogP) is 4.47. The molecule has 2 rings (SSSR count). The van der Waals surface area contributed by atoms with E-state index in [0.717, 1.165) is 29.7 Å². The minimum absolute atomic E-state index is 0.0705. The molecule has 1 atom stereocenters. The van der Waals surface area contributed by atoms with Crippen molar-refractivity contribution in [2.75, 3.05) is 20.3 Å². The number of carbonyl (C=O) groups excluding carboxylic acids is 1. The molecule has 27 heavy (non-hydrogen) atoms. The molecule has 0 N–H and O–H groups in total. The molecule has 0 aromatic heterocycles. The van der Waals surface area contributed by atoms with Crippen molar-refractivity contribution < 1.29 is 14.3 Å². The second-order valence-corrected chi connectivity index (χ2v) is 6.67. The van der Waals surface area contributed by atoms with E-state index in [0.29, 0.717) is 26.2 Å². The summed E-state index contributed by atoms with van der Waals surface area (Å²) in [6.45, 7) is 6.01. The summed E-state index contributed by atoms with van der Waals surface area (Å²) < 4.78 is 10.9. The fraction of sp³-hybridized carbons (Fsp3) is 0.435. The first-order valence-corrected chi connectivity index (χ1v) is 9.68. The molecule has 2 aromatic carbocycles. The fourth-order valence-corrected chi connectivity index (χ4v) is 3.18. The first-order chi connectivity index (χ1) is 13.2. The predicted molar refractivity (Wildman–Crippen MR) is 109 cm³/mol. The highest BCUT2D eigenvalue weighted by Crippen LogP contribution is 2.22. The largest absolute Gasteiger partial charge is 0.496 e. The highest BCUT2D eigenvalue weighted by molar-refractivity contribution is 5.76. The van der Waals surface area contributed by atoms with Gasteiger partial charge in [0.25, 0.3) is 0 Å². The average molecular weight is 370 g/mol. The highest BCUT2D eigenvalue weighted by atomic mass is 16.5. The molecule has 0 saturated heterocycles. The molecule has 0 bridgehead atoms. The molecule has 0 aliphatic carbocycles. The van der Waals surface area contributed by atoms with Crippen molar-refractivity contribution in [3.63, 3.8) is 0 Å². The van der Waals surface area contributed by atoms with Crippen molar-refractivity contribution >= 4 is 5.91 Å². The van der Waals surface area contributed by atoms with E-state index in [-0.39, 0.29) is 11.9 Å². The Kier molecular flexibility index (Phi) is 8.85. The molecule has 0 radical (unpaired) electrons. The quantitative estimate of drug-likeness (QED) is 0.549. The summed E-state index contributed by atoms with van der Waals surface area (Å²) in [5, 5.41) is 0. The molecule has 0 fully saturated rings. The Balaban J connectivity index is 2.10. The van der Waals surface area contributed by atoms with Crippen molar-refractivity contribution in [1.82, 2.24) is 4.90 Å². The van der Waals surface area contributed by atoms with E-state index in [2.05, 4.69) is 25.1 Å². The van der Waals surface area contributed by atoms with Gasteiger partial charge in [-0.05, 0) is 43.9 Å². The summed E-state index contributed by atoms with van der Waals surface area (Å²) >= 11 is 0. The number of carbonyl (C=O) groups is 1. The monoisotopic (exact) mass is 369 g/mol. The van der Waals surface area contributed by atoms with Gasteiger partial charge in [0.1, 0.15) is 5.75 Å². The van der Waals surface area contributed by atoms with Crippen LogP contribution < -0.4 is 4.74 Å². The summed E-state index contributed by atoms with van der Waals surface area (Å²) in [6, 6.07) is 18.2. The number of para-hydroxylation sites is 1. The summed E-state index contributed by atoms with van der Waals surface area (Å²) in [4.78, 5) is 14.9. The van der Waals surface area contributed by atoms with Crippen molar-refractivity contribution in [3.05, 3.63) is 65.7 Å². The summed E-state index contributed by atoms with van der Waals surface area (Å²) in [5.74, 6) is 1.04. The smallest absolute Gasteiger partial charge is 0.223 e. The number of ether oxygens (including phenoxy) is 2. The maximum absolute atomic E-state index is 12.9. The van der Waals surface area contributed by atoms with E-state index in [1.165, 1.54) is 0 Å². The van der Waals surface area contributed by atoms with Crippen LogP contribution in [0.1, 0.15) is 37.8 Å². The zero-order chi connectivity index (χ0) is 19.5. The molecule has 0 saturated carbocycles. The Morgan fingerprint density at radius 1 is 1.07 bits per heavy atom. The topological polar surface area (TPSA) is 38.8 Å². The number of hydrogen-bond donors (Lipinski definition) is 0. The molecule has 0 spiro atoms. The second kappa shape index (κ2) is 11.4. The summed E-state index contributed by atoms with van der Waals surface area (Å²) in [6.07, 6.45) is 2.01. The lowest BCUT2D eigenvalue weighted by molar-refractivity contribution is -0.134. The van der Waals surface area contributed by atoms with Crippen LogP contribution in [0, 0.1) is 0 Å². The molecule has 4 nitrogen and oxygen atoms in total. The summed E-state index contributed by atoms with van der Waals surface area (Å²) in [5.41, 5.74) is 2.26. The van der Waals surface area contributed by atoms with Gasteiger partial charge in [0.15, 0.2) is 0 Å². The van der Waals surface area contributed by atoms with E-state index < -0.39 is 0 Å². The van der Waals surface area contributed by atoms with E-state index in [9.17, 15) is 4.79 Å². The lowest BCUT2D eigenvalue weighted by Gasteiger charge is -2.30. The lowest BCUT2D eigenvalue weighted by atomic mass is 10.0. The molecule has 2 aromatic rings. The van der Waals surface area contributed by atoms with Gasteiger partial charge in [0.2, 0.25) is 5.91 Å². The molecule has 1 unspecified atom stereocenters. The Bertz CT molecular complexity index is 687. The SMILES string of the molecule is CCOCCCC(=O)N(Cc1ccccc1)C(C)Cc1ccccc1OC. The lowest BCUT2D eigenvalue weighted by Crippen LogP contribution is -2.39. The van der Waals surface area contributed by atoms with Crippen molar-refractivity contribution in [1.29, 1.82) is 0 Å². The van der Waals surface area contributed by atoms with Crippen molar-refractivity contribution in [2.24, 2.45) is 0 Å². The number of nitrogens with zero attached hydrogens (tertiary/aromatic N) is 1. The third kappa shape index (κ3) is 6.72. The zero-order valence-electron chi connectivity index (χ0n) is 16.7. The van der Waals surface area contributed by atoms with E-state index in [4.69, 9.17) is 9.47 Å². The van der Waals surface area contributed by atoms with Crippen LogP contribution in [-0.4, -0.2) is 37.2 Å². The standard InChI is InChI=1S/C23H31NO3/c1-4-27-16-10-15-23(25)24(18-20-11-6-5-7-12-20)19(2)17-21-13-8-9-14-22(21)26-3/h5-9,11-14,19H,4,10,15-18H2,1-3H3. The first kappa shape index (κ1) is 21.0. The van der Waals surface area contributed by atoms with E-state index in [1.54, 1.807) is 7.11 Å². The van der Waals surface area contributed by atoms with Crippen LogP contribution in [0.5, 0.6) is 5.75 Å². The highest BCUT2D eigenvalue weighted by Gasteiger charge is 2.21. The molecule has 0 aliphatic heterocycles. The molecule has 146 valence electrons. The molecule has 4 heteroatoms. The molecule has 0 heterocycles. The molecule has 0 aliphatic rings. The Morgan fingerprint density at radius 3 is 2.48 bits per heavy atom. The van der Waals surface area contributed by atoms with E-state index >= 15 is 0 Å². The van der Waals surface area contributed by atoms with Crippen LogP contribution in [-0.2, 0) is 22.5 Å². The number of hydrogen-bond acceptors (Lipinski definition) is 3. The van der Waals surface area contributed by atoms with Gasteiger partial charge in [0.05, 0.1) is 7.11 Å². The zero-order valence-corrected chi connectivity index (χ0v) is 16.7. The van der Waals surface area contributed by atoms with Gasteiger partial charge in [-0.2, -0.15) is 0 Å². The maximum Gasteiger partial charge on any atom is 0.223 e. The number of rotatable bonds is 11. The van der Waals surface area contributed by atoms with Crippen LogP contribution in [0.4, 0.5) is 0 Å². The maximum atomic E-state index is 12.9. The van der Waals surface area contributed by atoms with Gasteiger partial charge >= 0.3 is 0 Å². The average Bonchev–Trinajstić information content (AvgIpc) is 2.70. The molecular weight excluding hydrogens is 338 g/mol. The molecule has 1 amide bonds. The van der Waals surface area contributed by atoms with Gasteiger partial charge in [-0.25, -0.2) is 0 Å². The van der Waals surface area contributed by atoms with Crippen LogP contribution in [0.2, 0.25) is 0 Å². The van der Waals surface area contributed by atoms with Crippen LogP contribution in [0.25, 0.3) is 0 Å². The number of benzene rings is 2. The summed E-state index contributed by atoms with van der Waals surface area (Å²) in [7, 11) is 1.68. The Labute approximate surface area is 163 Å². The Hall–Kier alpha value is -2.33. The van der Waals surface area contributed by atoms with Gasteiger partial charge in [0, 0.05) is 32.2 Å². The Morgan fingerprint density at radius 2 is 1.78 bits per heavy atom. The van der Waals surface area contributed by atoms with Crippen LogP contribution in [0.15, 0.2) is 54.6 Å². The van der Waals surface area contributed by atoms with Crippen LogP contribution in [0.3, 0.4) is 0 Å². The third-order valence-electron chi connectivity index (χ3n) is 4.64. The number of amides is 1. The first-order valence-electron chi connectivity index (χ1n) is 9.68.